The first-order valence-electron chi connectivity index (χ1n) is 5.54. The lowest BCUT2D eigenvalue weighted by atomic mass is 10.0. The summed E-state index contributed by atoms with van der Waals surface area (Å²) in [6.07, 6.45) is 0. The van der Waals surface area contributed by atoms with E-state index in [9.17, 15) is 9.59 Å². The molecule has 0 spiro atoms. The van der Waals surface area contributed by atoms with Crippen LogP contribution in [0.3, 0.4) is 0 Å². The molecule has 0 radical (unpaired) electrons. The normalized spacial score (nSPS) is 16.2. The Bertz CT molecular complexity index is 316. The molecule has 0 bridgehead atoms. The van der Waals surface area contributed by atoms with Crippen LogP contribution in [0, 0.1) is 0 Å². The molecule has 5 nitrogen and oxygen atoms in total. The molecule has 0 aliphatic carbocycles. The first-order valence-corrected chi connectivity index (χ1v) is 9.24. The van der Waals surface area contributed by atoms with Crippen molar-refractivity contribution in [3.05, 3.63) is 0 Å². The molecule has 0 aliphatic heterocycles. The Morgan fingerprint density at radius 2 is 1.65 bits per heavy atom. The standard InChI is InChI=1S/C11H23NO4Si/c1-10(2,3)16-9(15)11(12,8(13)14)7-17(4,5)6/h7,12H2,1-6H3,(H,13,14). The monoisotopic (exact) mass is 261 g/mol. The summed E-state index contributed by atoms with van der Waals surface area (Å²) in [6, 6.07) is 0.157. The highest BCUT2D eigenvalue weighted by atomic mass is 28.3. The smallest absolute Gasteiger partial charge is 0.338 e. The van der Waals surface area contributed by atoms with E-state index in [1.807, 2.05) is 19.6 Å². The van der Waals surface area contributed by atoms with E-state index >= 15 is 0 Å². The van der Waals surface area contributed by atoms with E-state index in [0.717, 1.165) is 0 Å². The van der Waals surface area contributed by atoms with Gasteiger partial charge in [0.25, 0.3) is 0 Å². The van der Waals surface area contributed by atoms with Crippen LogP contribution >= 0.6 is 0 Å². The third-order valence-corrected chi connectivity index (χ3v) is 3.57. The number of esters is 1. The van der Waals surface area contributed by atoms with Gasteiger partial charge in [-0.2, -0.15) is 0 Å². The molecular formula is C11H23NO4Si. The number of carbonyl (C=O) groups is 2. The molecule has 0 aliphatic rings. The third-order valence-electron chi connectivity index (χ3n) is 1.95. The highest BCUT2D eigenvalue weighted by Gasteiger charge is 2.48. The Morgan fingerprint density at radius 3 is 1.88 bits per heavy atom. The van der Waals surface area contributed by atoms with Crippen molar-refractivity contribution in [1.29, 1.82) is 0 Å². The Kier molecular flexibility index (Phi) is 4.53. The number of rotatable bonds is 4. The summed E-state index contributed by atoms with van der Waals surface area (Å²) in [5.41, 5.74) is 3.07. The lowest BCUT2D eigenvalue weighted by molar-refractivity contribution is -0.168. The van der Waals surface area contributed by atoms with Crippen LogP contribution in [0.25, 0.3) is 0 Å². The van der Waals surface area contributed by atoms with Crippen molar-refractivity contribution in [2.24, 2.45) is 5.73 Å². The van der Waals surface area contributed by atoms with Gasteiger partial charge in [-0.3, -0.25) is 0 Å². The molecule has 0 rings (SSSR count). The summed E-state index contributed by atoms with van der Waals surface area (Å²) in [6.45, 7) is 10.9. The van der Waals surface area contributed by atoms with Gasteiger partial charge in [-0.25, -0.2) is 9.59 Å². The van der Waals surface area contributed by atoms with Gasteiger partial charge >= 0.3 is 11.9 Å². The molecule has 0 amide bonds. The van der Waals surface area contributed by atoms with Gasteiger partial charge in [-0.05, 0) is 26.8 Å². The predicted octanol–water partition coefficient (Wildman–Crippen LogP) is 1.45. The van der Waals surface area contributed by atoms with E-state index in [1.54, 1.807) is 20.8 Å². The van der Waals surface area contributed by atoms with Gasteiger partial charge in [-0.1, -0.05) is 19.6 Å². The van der Waals surface area contributed by atoms with Crippen LogP contribution in [0.5, 0.6) is 0 Å². The van der Waals surface area contributed by atoms with Gasteiger partial charge in [0.2, 0.25) is 5.54 Å². The Hall–Kier alpha value is -0.883. The lowest BCUT2D eigenvalue weighted by Gasteiger charge is -2.31. The zero-order valence-electron chi connectivity index (χ0n) is 11.5. The fourth-order valence-corrected chi connectivity index (χ4v) is 3.41. The van der Waals surface area contributed by atoms with E-state index in [0.29, 0.717) is 0 Å². The van der Waals surface area contributed by atoms with Gasteiger partial charge < -0.3 is 15.6 Å². The summed E-state index contributed by atoms with van der Waals surface area (Å²) in [5.74, 6) is -2.19. The molecule has 0 saturated heterocycles. The predicted molar refractivity (Wildman–Crippen MR) is 68.6 cm³/mol. The molecule has 0 fully saturated rings. The summed E-state index contributed by atoms with van der Waals surface area (Å²) >= 11 is 0. The second kappa shape index (κ2) is 4.78. The average Bonchev–Trinajstić information content (AvgIpc) is 1.96. The lowest BCUT2D eigenvalue weighted by Crippen LogP contribution is -2.60. The minimum atomic E-state index is -1.93. The van der Waals surface area contributed by atoms with Crippen LogP contribution < -0.4 is 5.73 Å². The molecule has 6 heteroatoms. The van der Waals surface area contributed by atoms with Gasteiger partial charge in [0, 0.05) is 8.07 Å². The molecular weight excluding hydrogens is 238 g/mol. The first kappa shape index (κ1) is 16.1. The number of aliphatic carboxylic acids is 1. The number of ether oxygens (including phenoxy) is 1. The molecule has 0 aromatic carbocycles. The Labute approximate surface area is 103 Å². The number of carboxylic acids is 1. The van der Waals surface area contributed by atoms with E-state index in [4.69, 9.17) is 15.6 Å². The first-order chi connectivity index (χ1) is 7.28. The Morgan fingerprint density at radius 1 is 1.24 bits per heavy atom. The zero-order chi connectivity index (χ0) is 14.1. The van der Waals surface area contributed by atoms with Gasteiger partial charge in [-0.15, -0.1) is 0 Å². The fourth-order valence-electron chi connectivity index (χ4n) is 1.44. The van der Waals surface area contributed by atoms with Crippen LogP contribution in [0.4, 0.5) is 0 Å². The molecule has 1 atom stereocenters. The summed E-state index contributed by atoms with van der Waals surface area (Å²) < 4.78 is 5.09. The third kappa shape index (κ3) is 5.32. The summed E-state index contributed by atoms with van der Waals surface area (Å²) in [4.78, 5) is 23.1. The molecule has 0 aromatic heterocycles. The zero-order valence-corrected chi connectivity index (χ0v) is 12.5. The van der Waals surface area contributed by atoms with Crippen molar-refractivity contribution in [2.45, 2.75) is 57.6 Å². The maximum Gasteiger partial charge on any atom is 0.338 e. The molecule has 100 valence electrons. The summed E-state index contributed by atoms with van der Waals surface area (Å²) in [7, 11) is -1.80. The Balaban J connectivity index is 5.10. The molecule has 3 N–H and O–H groups in total. The quantitative estimate of drug-likeness (QED) is 0.454. The molecule has 0 heterocycles. The SMILES string of the molecule is CC(C)(C)OC(=O)C(N)(C[Si](C)(C)C)C(=O)O. The fraction of sp³-hybridized carbons (Fsp3) is 0.818. The molecule has 17 heavy (non-hydrogen) atoms. The molecule has 0 aromatic rings. The van der Waals surface area contributed by atoms with Crippen molar-refractivity contribution in [3.8, 4) is 0 Å². The van der Waals surface area contributed by atoms with Crippen molar-refractivity contribution < 1.29 is 19.4 Å². The number of hydrogen-bond acceptors (Lipinski definition) is 4. The molecule has 0 saturated carbocycles. The van der Waals surface area contributed by atoms with Crippen LogP contribution in [0.1, 0.15) is 20.8 Å². The minimum Gasteiger partial charge on any atom is -0.479 e. The second-order valence-electron chi connectivity index (χ2n) is 6.52. The largest absolute Gasteiger partial charge is 0.479 e. The van der Waals surface area contributed by atoms with Crippen LogP contribution in [0.15, 0.2) is 0 Å². The van der Waals surface area contributed by atoms with Crippen LogP contribution in [-0.4, -0.2) is 36.3 Å². The van der Waals surface area contributed by atoms with E-state index < -0.39 is 31.2 Å². The highest BCUT2D eigenvalue weighted by molar-refractivity contribution is 6.77. The second-order valence-corrected chi connectivity index (χ2v) is 12.0. The van der Waals surface area contributed by atoms with Crippen molar-refractivity contribution >= 4 is 20.0 Å². The van der Waals surface area contributed by atoms with Gasteiger partial charge in [0.05, 0.1) is 0 Å². The average molecular weight is 261 g/mol. The topological polar surface area (TPSA) is 89.6 Å². The van der Waals surface area contributed by atoms with E-state index in [2.05, 4.69) is 0 Å². The van der Waals surface area contributed by atoms with E-state index in [1.165, 1.54) is 0 Å². The maximum absolute atomic E-state index is 11.9. The number of nitrogens with two attached hydrogens (primary N) is 1. The number of hydrogen-bond donors (Lipinski definition) is 2. The van der Waals surface area contributed by atoms with Gasteiger partial charge in [0.1, 0.15) is 5.60 Å². The highest BCUT2D eigenvalue weighted by Crippen LogP contribution is 2.23. The van der Waals surface area contributed by atoms with Crippen LogP contribution in [-0.2, 0) is 14.3 Å². The number of carboxylic acid groups (broad SMARTS) is 1. The minimum absolute atomic E-state index is 0.157. The van der Waals surface area contributed by atoms with Crippen LogP contribution in [0.2, 0.25) is 25.7 Å². The summed E-state index contributed by atoms with van der Waals surface area (Å²) in [5, 5.41) is 9.16. The van der Waals surface area contributed by atoms with E-state index in [-0.39, 0.29) is 6.04 Å². The van der Waals surface area contributed by atoms with Gasteiger partial charge in [0.15, 0.2) is 0 Å². The van der Waals surface area contributed by atoms with Crippen molar-refractivity contribution in [3.63, 3.8) is 0 Å². The maximum atomic E-state index is 11.9. The number of carbonyl (C=O) groups excluding carboxylic acids is 1. The van der Waals surface area contributed by atoms with Crippen molar-refractivity contribution in [1.82, 2.24) is 0 Å². The molecule has 1 unspecified atom stereocenters. The van der Waals surface area contributed by atoms with Crippen molar-refractivity contribution in [2.75, 3.05) is 0 Å².